The average molecular weight is 363 g/mol. The van der Waals surface area contributed by atoms with Crippen LogP contribution in [0.1, 0.15) is 15.9 Å². The highest BCUT2D eigenvalue weighted by atomic mass is 16.2. The van der Waals surface area contributed by atoms with Gasteiger partial charge in [-0.3, -0.25) is 4.79 Å². The third kappa shape index (κ3) is 3.86. The molecule has 0 atom stereocenters. The lowest BCUT2D eigenvalue weighted by Crippen LogP contribution is -2.30. The molecule has 28 heavy (non-hydrogen) atoms. The molecule has 0 aromatic heterocycles. The molecule has 4 rings (SSSR count). The Bertz CT molecular complexity index is 1040. The predicted molar refractivity (Wildman–Crippen MR) is 115 cm³/mol. The number of nitrogens with zero attached hydrogens (tertiary/aromatic N) is 1. The summed E-state index contributed by atoms with van der Waals surface area (Å²) in [4.78, 5) is 15.3. The fourth-order valence-corrected chi connectivity index (χ4v) is 3.34. The SMILES string of the molecule is O=C(c1ccccc1)N(Cc1ccccc1)c1ccccc1-c1ccccc1. The van der Waals surface area contributed by atoms with Crippen molar-refractivity contribution >= 4 is 11.6 Å². The second-order valence-corrected chi connectivity index (χ2v) is 6.63. The summed E-state index contributed by atoms with van der Waals surface area (Å²) in [5.74, 6) is -0.00664. The molecule has 0 spiro atoms. The molecule has 0 aliphatic carbocycles. The maximum atomic E-state index is 13.5. The summed E-state index contributed by atoms with van der Waals surface area (Å²) in [6.45, 7) is 0.512. The lowest BCUT2D eigenvalue weighted by Gasteiger charge is -2.26. The molecule has 0 aliphatic heterocycles. The lowest BCUT2D eigenvalue weighted by atomic mass is 10.0. The van der Waals surface area contributed by atoms with Crippen LogP contribution in [0.2, 0.25) is 0 Å². The predicted octanol–water partition coefficient (Wildman–Crippen LogP) is 6.20. The number of anilines is 1. The van der Waals surface area contributed by atoms with E-state index in [1.165, 1.54) is 0 Å². The van der Waals surface area contributed by atoms with Crippen LogP contribution in [0.5, 0.6) is 0 Å². The second-order valence-electron chi connectivity index (χ2n) is 6.63. The van der Waals surface area contributed by atoms with Gasteiger partial charge in [-0.25, -0.2) is 0 Å². The van der Waals surface area contributed by atoms with Crippen LogP contribution in [-0.2, 0) is 6.54 Å². The van der Waals surface area contributed by atoms with Gasteiger partial charge in [-0.1, -0.05) is 97.1 Å². The largest absolute Gasteiger partial charge is 0.303 e. The summed E-state index contributed by atoms with van der Waals surface area (Å²) in [7, 11) is 0. The van der Waals surface area contributed by atoms with E-state index in [0.29, 0.717) is 12.1 Å². The molecular formula is C26H21NO. The molecule has 0 fully saturated rings. The highest BCUT2D eigenvalue weighted by molar-refractivity contribution is 6.08. The minimum absolute atomic E-state index is 0.00664. The Labute approximate surface area is 165 Å². The number of hydrogen-bond donors (Lipinski definition) is 0. The van der Waals surface area contributed by atoms with Crippen molar-refractivity contribution in [2.24, 2.45) is 0 Å². The topological polar surface area (TPSA) is 20.3 Å². The van der Waals surface area contributed by atoms with Crippen LogP contribution in [0.3, 0.4) is 0 Å². The Morgan fingerprint density at radius 2 is 1.14 bits per heavy atom. The molecule has 0 radical (unpaired) electrons. The molecule has 0 N–H and O–H groups in total. The molecule has 4 aromatic carbocycles. The lowest BCUT2D eigenvalue weighted by molar-refractivity contribution is 0.0985. The Morgan fingerprint density at radius 1 is 0.607 bits per heavy atom. The maximum absolute atomic E-state index is 13.5. The van der Waals surface area contributed by atoms with E-state index in [1.54, 1.807) is 0 Å². The molecule has 136 valence electrons. The van der Waals surface area contributed by atoms with Gasteiger partial charge in [0.15, 0.2) is 0 Å². The van der Waals surface area contributed by atoms with E-state index in [2.05, 4.69) is 30.3 Å². The molecule has 0 heterocycles. The minimum atomic E-state index is -0.00664. The van der Waals surface area contributed by atoms with Crippen LogP contribution in [0.15, 0.2) is 115 Å². The molecule has 4 aromatic rings. The van der Waals surface area contributed by atoms with Crippen molar-refractivity contribution in [3.63, 3.8) is 0 Å². The van der Waals surface area contributed by atoms with Crippen molar-refractivity contribution in [3.05, 3.63) is 126 Å². The first-order valence-corrected chi connectivity index (χ1v) is 9.38. The number of hydrogen-bond acceptors (Lipinski definition) is 1. The van der Waals surface area contributed by atoms with Crippen molar-refractivity contribution in [1.82, 2.24) is 0 Å². The van der Waals surface area contributed by atoms with Crippen molar-refractivity contribution in [2.75, 3.05) is 4.90 Å². The number of carbonyl (C=O) groups is 1. The van der Waals surface area contributed by atoms with Crippen LogP contribution in [0.25, 0.3) is 11.1 Å². The zero-order valence-corrected chi connectivity index (χ0v) is 15.5. The van der Waals surface area contributed by atoms with Gasteiger partial charge in [-0.05, 0) is 29.3 Å². The Kier molecular flexibility index (Phi) is 5.30. The van der Waals surface area contributed by atoms with Crippen molar-refractivity contribution < 1.29 is 4.79 Å². The van der Waals surface area contributed by atoms with Crippen molar-refractivity contribution in [2.45, 2.75) is 6.54 Å². The fraction of sp³-hybridized carbons (Fsp3) is 0.0385. The average Bonchev–Trinajstić information content (AvgIpc) is 2.79. The first-order valence-electron chi connectivity index (χ1n) is 9.38. The second kappa shape index (κ2) is 8.36. The number of amides is 1. The minimum Gasteiger partial charge on any atom is -0.303 e. The van der Waals surface area contributed by atoms with E-state index in [9.17, 15) is 4.79 Å². The molecule has 0 bridgehead atoms. The zero-order valence-electron chi connectivity index (χ0n) is 15.5. The monoisotopic (exact) mass is 363 g/mol. The smallest absolute Gasteiger partial charge is 0.258 e. The highest BCUT2D eigenvalue weighted by Gasteiger charge is 2.21. The Hall–Kier alpha value is -3.65. The van der Waals surface area contributed by atoms with Gasteiger partial charge in [-0.2, -0.15) is 0 Å². The van der Waals surface area contributed by atoms with E-state index < -0.39 is 0 Å². The fourth-order valence-electron chi connectivity index (χ4n) is 3.34. The van der Waals surface area contributed by atoms with Gasteiger partial charge in [0.1, 0.15) is 0 Å². The van der Waals surface area contributed by atoms with Crippen molar-refractivity contribution in [3.8, 4) is 11.1 Å². The number of para-hydroxylation sites is 1. The summed E-state index contributed by atoms with van der Waals surface area (Å²) in [5, 5.41) is 0. The standard InChI is InChI=1S/C26H21NO/c28-26(23-16-8-3-9-17-23)27(20-21-12-4-1-5-13-21)25-19-11-10-18-24(25)22-14-6-2-7-15-22/h1-19H,20H2. The van der Waals surface area contributed by atoms with Gasteiger partial charge >= 0.3 is 0 Å². The van der Waals surface area contributed by atoms with E-state index in [1.807, 2.05) is 89.8 Å². The molecule has 0 saturated heterocycles. The molecule has 0 saturated carbocycles. The normalized spacial score (nSPS) is 10.4. The summed E-state index contributed by atoms with van der Waals surface area (Å²) in [6.07, 6.45) is 0. The van der Waals surface area contributed by atoms with E-state index in [4.69, 9.17) is 0 Å². The Morgan fingerprint density at radius 3 is 1.82 bits per heavy atom. The highest BCUT2D eigenvalue weighted by Crippen LogP contribution is 2.32. The van der Waals surface area contributed by atoms with Gasteiger partial charge in [0.2, 0.25) is 0 Å². The number of benzene rings is 4. The van der Waals surface area contributed by atoms with Gasteiger partial charge in [0, 0.05) is 11.1 Å². The third-order valence-corrected chi connectivity index (χ3v) is 4.73. The summed E-state index contributed by atoms with van der Waals surface area (Å²) in [5.41, 5.74) is 4.82. The first-order chi connectivity index (χ1) is 13.8. The van der Waals surface area contributed by atoms with Crippen LogP contribution in [0.4, 0.5) is 5.69 Å². The molecule has 1 amide bonds. The molecular weight excluding hydrogens is 342 g/mol. The molecule has 0 aliphatic rings. The van der Waals surface area contributed by atoms with E-state index in [0.717, 1.165) is 22.4 Å². The quantitative estimate of drug-likeness (QED) is 0.413. The third-order valence-electron chi connectivity index (χ3n) is 4.73. The van der Waals surface area contributed by atoms with Crippen LogP contribution < -0.4 is 4.90 Å². The van der Waals surface area contributed by atoms with Gasteiger partial charge in [0.05, 0.1) is 12.2 Å². The summed E-state index contributed by atoms with van der Waals surface area (Å²) >= 11 is 0. The van der Waals surface area contributed by atoms with E-state index >= 15 is 0 Å². The van der Waals surface area contributed by atoms with Gasteiger partial charge in [0.25, 0.3) is 5.91 Å². The summed E-state index contributed by atoms with van der Waals surface area (Å²) < 4.78 is 0. The zero-order chi connectivity index (χ0) is 19.2. The van der Waals surface area contributed by atoms with Crippen LogP contribution in [0, 0.1) is 0 Å². The Balaban J connectivity index is 1.81. The summed E-state index contributed by atoms with van der Waals surface area (Å²) in [6, 6.07) is 37.8. The number of rotatable bonds is 5. The van der Waals surface area contributed by atoms with Gasteiger partial charge < -0.3 is 4.90 Å². The molecule has 0 unspecified atom stereocenters. The molecule has 2 nitrogen and oxygen atoms in total. The van der Waals surface area contributed by atoms with Gasteiger partial charge in [-0.15, -0.1) is 0 Å². The van der Waals surface area contributed by atoms with Crippen molar-refractivity contribution in [1.29, 1.82) is 0 Å². The van der Waals surface area contributed by atoms with E-state index in [-0.39, 0.29) is 5.91 Å². The van der Waals surface area contributed by atoms with Crippen LogP contribution >= 0.6 is 0 Å². The number of carbonyl (C=O) groups excluding carboxylic acids is 1. The maximum Gasteiger partial charge on any atom is 0.258 e. The van der Waals surface area contributed by atoms with Crippen LogP contribution in [-0.4, -0.2) is 5.91 Å². The molecule has 2 heteroatoms. The first kappa shape index (κ1) is 17.7.